The van der Waals surface area contributed by atoms with Crippen molar-refractivity contribution in [3.05, 3.63) is 29.8 Å². The zero-order valence-corrected chi connectivity index (χ0v) is 8.07. The molecule has 0 radical (unpaired) electrons. The van der Waals surface area contributed by atoms with Crippen LogP contribution in [0, 0.1) is 0 Å². The molecule has 0 aromatic heterocycles. The third kappa shape index (κ3) is 1.61. The van der Waals surface area contributed by atoms with Gasteiger partial charge in [0.05, 0.1) is 0 Å². The van der Waals surface area contributed by atoms with Crippen molar-refractivity contribution in [3.8, 4) is 0 Å². The first-order valence-electron chi connectivity index (χ1n) is 4.12. The number of aliphatic hydroxyl groups is 1. The molecular weight excluding hydrogens is 202 g/mol. The predicted octanol–water partition coefficient (Wildman–Crippen LogP) is 1.08. The van der Waals surface area contributed by atoms with Gasteiger partial charge in [-0.1, -0.05) is 18.2 Å². The van der Waals surface area contributed by atoms with Crippen LogP contribution in [-0.2, 0) is 4.79 Å². The quantitative estimate of drug-likeness (QED) is 0.717. The largest absolute Gasteiger partial charge is 0.480 e. The molecule has 74 valence electrons. The Hall–Kier alpha value is -1.04. The second-order valence-electron chi connectivity index (χ2n) is 2.97. The minimum atomic E-state index is -0.940. The van der Waals surface area contributed by atoms with Crippen molar-refractivity contribution in [3.63, 3.8) is 0 Å². The van der Waals surface area contributed by atoms with Crippen LogP contribution in [0.5, 0.6) is 0 Å². The Kier molecular flexibility index (Phi) is 2.45. The van der Waals surface area contributed by atoms with Gasteiger partial charge >= 0.3 is 5.97 Å². The normalized spacial score (nSPS) is 20.8. The average Bonchev–Trinajstić information content (AvgIpc) is 2.44. The van der Waals surface area contributed by atoms with Crippen molar-refractivity contribution in [2.45, 2.75) is 11.1 Å². The minimum absolute atomic E-state index is 0.166. The highest BCUT2D eigenvalue weighted by Gasteiger charge is 2.30. The maximum Gasteiger partial charge on any atom is 0.318 e. The summed E-state index contributed by atoms with van der Waals surface area (Å²) in [7, 11) is 0. The molecule has 0 amide bonds. The van der Waals surface area contributed by atoms with Crippen LogP contribution in [0.2, 0.25) is 0 Å². The van der Waals surface area contributed by atoms with E-state index in [1.54, 1.807) is 6.07 Å². The molecule has 5 heteroatoms. The highest BCUT2D eigenvalue weighted by atomic mass is 32.2. The summed E-state index contributed by atoms with van der Waals surface area (Å²) in [6.07, 6.45) is -0.813. The first kappa shape index (κ1) is 9.51. The summed E-state index contributed by atoms with van der Waals surface area (Å²) in [4.78, 5) is 11.4. The lowest BCUT2D eigenvalue weighted by Gasteiger charge is -2.15. The third-order valence-corrected chi connectivity index (χ3v) is 3.11. The summed E-state index contributed by atoms with van der Waals surface area (Å²) in [5, 5.41) is 18.3. The predicted molar refractivity (Wildman–Crippen MR) is 51.6 cm³/mol. The zero-order valence-electron chi connectivity index (χ0n) is 7.25. The van der Waals surface area contributed by atoms with Gasteiger partial charge in [-0.15, -0.1) is 0 Å². The number of aliphatic hydroxyl groups excluding tert-OH is 1. The second kappa shape index (κ2) is 3.61. The Morgan fingerprint density at radius 1 is 1.50 bits per heavy atom. The Balaban J connectivity index is 2.21. The number of aliphatic carboxylic acids is 1. The first-order valence-corrected chi connectivity index (χ1v) is 4.89. The molecule has 1 aromatic rings. The molecule has 2 N–H and O–H groups in total. The molecule has 1 aromatic carbocycles. The van der Waals surface area contributed by atoms with E-state index in [9.17, 15) is 9.90 Å². The number of hydrogen-bond acceptors (Lipinski definition) is 4. The molecule has 14 heavy (non-hydrogen) atoms. The highest BCUT2D eigenvalue weighted by molar-refractivity contribution is 7.97. The van der Waals surface area contributed by atoms with Crippen molar-refractivity contribution >= 4 is 17.9 Å². The maximum atomic E-state index is 10.5. The molecule has 1 atom stereocenters. The fourth-order valence-electron chi connectivity index (χ4n) is 1.36. The summed E-state index contributed by atoms with van der Waals surface area (Å²) in [6, 6.07) is 7.36. The number of benzene rings is 1. The van der Waals surface area contributed by atoms with Crippen LogP contribution in [0.25, 0.3) is 0 Å². The van der Waals surface area contributed by atoms with Gasteiger partial charge < -0.3 is 10.2 Å². The topological polar surface area (TPSA) is 60.8 Å². The smallest absolute Gasteiger partial charge is 0.318 e. The molecule has 0 saturated heterocycles. The van der Waals surface area contributed by atoms with Crippen LogP contribution >= 0.6 is 11.9 Å². The highest BCUT2D eigenvalue weighted by Crippen LogP contribution is 2.41. The molecular formula is C9H9NO3S. The van der Waals surface area contributed by atoms with Crippen molar-refractivity contribution in [1.82, 2.24) is 4.31 Å². The molecule has 0 spiro atoms. The SMILES string of the molecule is O=C(O)CN1Sc2ccccc2C1O. The number of carboxylic acid groups (broad SMARTS) is 1. The first-order chi connectivity index (χ1) is 6.68. The van der Waals surface area contributed by atoms with Crippen molar-refractivity contribution in [2.75, 3.05) is 6.54 Å². The van der Waals surface area contributed by atoms with E-state index in [0.717, 1.165) is 10.5 Å². The lowest BCUT2D eigenvalue weighted by Crippen LogP contribution is -2.24. The zero-order chi connectivity index (χ0) is 10.1. The lowest BCUT2D eigenvalue weighted by molar-refractivity contribution is -0.138. The fourth-order valence-corrected chi connectivity index (χ4v) is 2.42. The van der Waals surface area contributed by atoms with E-state index in [1.165, 1.54) is 16.3 Å². The summed E-state index contributed by atoms with van der Waals surface area (Å²) in [6.45, 7) is -0.166. The van der Waals surface area contributed by atoms with Gasteiger partial charge in [0.15, 0.2) is 0 Å². The standard InChI is InChI=1S/C9H9NO3S/c11-8(12)5-10-9(13)6-3-1-2-4-7(6)14-10/h1-4,9,13H,5H2,(H,11,12). The van der Waals surface area contributed by atoms with Crippen molar-refractivity contribution < 1.29 is 15.0 Å². The van der Waals surface area contributed by atoms with E-state index in [0.29, 0.717) is 0 Å². The van der Waals surface area contributed by atoms with Gasteiger partial charge in [0, 0.05) is 10.5 Å². The number of fused-ring (bicyclic) bond motifs is 1. The van der Waals surface area contributed by atoms with E-state index in [1.807, 2.05) is 18.2 Å². The number of carbonyl (C=O) groups is 1. The molecule has 1 aliphatic heterocycles. The monoisotopic (exact) mass is 211 g/mol. The van der Waals surface area contributed by atoms with Crippen LogP contribution in [0.4, 0.5) is 0 Å². The molecule has 0 fully saturated rings. The number of rotatable bonds is 2. The Morgan fingerprint density at radius 3 is 2.86 bits per heavy atom. The third-order valence-electron chi connectivity index (χ3n) is 1.98. The molecule has 4 nitrogen and oxygen atoms in total. The van der Waals surface area contributed by atoms with E-state index in [-0.39, 0.29) is 6.54 Å². The van der Waals surface area contributed by atoms with Gasteiger partial charge in [0.25, 0.3) is 0 Å². The Bertz CT molecular complexity index is 369. The van der Waals surface area contributed by atoms with E-state index >= 15 is 0 Å². The average molecular weight is 211 g/mol. The van der Waals surface area contributed by atoms with E-state index < -0.39 is 12.2 Å². The summed E-state index contributed by atoms with van der Waals surface area (Å²) in [5.74, 6) is -0.940. The van der Waals surface area contributed by atoms with Gasteiger partial charge in [-0.25, -0.2) is 4.31 Å². The van der Waals surface area contributed by atoms with Gasteiger partial charge in [-0.05, 0) is 18.0 Å². The Morgan fingerprint density at radius 2 is 2.21 bits per heavy atom. The molecule has 2 rings (SSSR count). The Labute approximate surface area is 85.3 Å². The van der Waals surface area contributed by atoms with Crippen molar-refractivity contribution in [1.29, 1.82) is 0 Å². The van der Waals surface area contributed by atoms with Gasteiger partial charge in [-0.2, -0.15) is 0 Å². The molecule has 1 unspecified atom stereocenters. The lowest BCUT2D eigenvalue weighted by atomic mass is 10.2. The van der Waals surface area contributed by atoms with Crippen LogP contribution in [0.15, 0.2) is 29.2 Å². The number of hydrogen-bond donors (Lipinski definition) is 2. The van der Waals surface area contributed by atoms with Crippen LogP contribution in [0.3, 0.4) is 0 Å². The molecule has 0 saturated carbocycles. The van der Waals surface area contributed by atoms with Gasteiger partial charge in [0.2, 0.25) is 0 Å². The minimum Gasteiger partial charge on any atom is -0.480 e. The van der Waals surface area contributed by atoms with Gasteiger partial charge in [-0.3, -0.25) is 4.79 Å². The van der Waals surface area contributed by atoms with E-state index in [4.69, 9.17) is 5.11 Å². The number of carboxylic acids is 1. The summed E-state index contributed by atoms with van der Waals surface area (Å²) < 4.78 is 1.44. The molecule has 1 aliphatic rings. The maximum absolute atomic E-state index is 10.5. The second-order valence-corrected chi connectivity index (χ2v) is 4.06. The van der Waals surface area contributed by atoms with Gasteiger partial charge in [0.1, 0.15) is 12.8 Å². The molecule has 0 aliphatic carbocycles. The number of nitrogens with zero attached hydrogens (tertiary/aromatic N) is 1. The van der Waals surface area contributed by atoms with Crippen LogP contribution < -0.4 is 0 Å². The fraction of sp³-hybridized carbons (Fsp3) is 0.222. The molecule has 0 bridgehead atoms. The van der Waals surface area contributed by atoms with E-state index in [2.05, 4.69) is 0 Å². The van der Waals surface area contributed by atoms with Crippen LogP contribution in [0.1, 0.15) is 11.8 Å². The molecule has 1 heterocycles. The summed E-state index contributed by atoms with van der Waals surface area (Å²) in [5.41, 5.74) is 0.777. The van der Waals surface area contributed by atoms with Crippen LogP contribution in [-0.4, -0.2) is 27.0 Å². The summed E-state index contributed by atoms with van der Waals surface area (Å²) >= 11 is 1.28. The van der Waals surface area contributed by atoms with Crippen molar-refractivity contribution in [2.24, 2.45) is 0 Å².